The molecule has 184 valence electrons. The van der Waals surface area contributed by atoms with Gasteiger partial charge in [-0.15, -0.1) is 0 Å². The quantitative estimate of drug-likeness (QED) is 0.513. The molecule has 3 rings (SSSR count). The molecule has 1 fully saturated rings. The van der Waals surface area contributed by atoms with E-state index in [0.717, 1.165) is 12.8 Å². The van der Waals surface area contributed by atoms with E-state index in [4.69, 9.17) is 10.5 Å². The molecule has 2 aromatic rings. The zero-order valence-corrected chi connectivity index (χ0v) is 19.9. The van der Waals surface area contributed by atoms with Gasteiger partial charge in [0.1, 0.15) is 11.9 Å². The van der Waals surface area contributed by atoms with E-state index in [1.165, 1.54) is 9.47 Å². The van der Waals surface area contributed by atoms with Gasteiger partial charge in [-0.25, -0.2) is 4.79 Å². The molecular formula is C24H33N5O5. The van der Waals surface area contributed by atoms with Crippen LogP contribution in [0.2, 0.25) is 0 Å². The Morgan fingerprint density at radius 2 is 2.09 bits per heavy atom. The molecule has 4 N–H and O–H groups in total. The van der Waals surface area contributed by atoms with Crippen LogP contribution in [0.4, 0.5) is 17.2 Å². The zero-order valence-electron chi connectivity index (χ0n) is 19.9. The first kappa shape index (κ1) is 25.2. The van der Waals surface area contributed by atoms with Crippen LogP contribution in [-0.2, 0) is 16.1 Å². The molecule has 1 aliphatic heterocycles. The summed E-state index contributed by atoms with van der Waals surface area (Å²) in [7, 11) is 0. The maximum atomic E-state index is 13.6. The van der Waals surface area contributed by atoms with Gasteiger partial charge in [-0.1, -0.05) is 33.3 Å². The first-order valence-electron chi connectivity index (χ1n) is 11.7. The van der Waals surface area contributed by atoms with E-state index >= 15 is 0 Å². The molecule has 10 nitrogen and oxygen atoms in total. The second-order valence-corrected chi connectivity index (χ2v) is 8.88. The highest BCUT2D eigenvalue weighted by atomic mass is 16.5. The van der Waals surface area contributed by atoms with Gasteiger partial charge in [-0.05, 0) is 43.4 Å². The fourth-order valence-corrected chi connectivity index (χ4v) is 3.91. The number of nitrogens with two attached hydrogens (primary N) is 1. The van der Waals surface area contributed by atoms with Crippen LogP contribution in [0.1, 0.15) is 56.8 Å². The Hall–Kier alpha value is -3.40. The van der Waals surface area contributed by atoms with Gasteiger partial charge in [-0.3, -0.25) is 23.9 Å². The molecule has 34 heavy (non-hydrogen) atoms. The highest BCUT2D eigenvalue weighted by Gasteiger charge is 2.26. The molecule has 2 amide bonds. The average Bonchev–Trinajstić information content (AvgIpc) is 3.33. The van der Waals surface area contributed by atoms with Crippen molar-refractivity contribution in [3.05, 3.63) is 50.7 Å². The van der Waals surface area contributed by atoms with Crippen molar-refractivity contribution >= 4 is 29.0 Å². The summed E-state index contributed by atoms with van der Waals surface area (Å²) in [5, 5.41) is 2.79. The molecule has 1 aliphatic rings. The summed E-state index contributed by atoms with van der Waals surface area (Å²) in [5.74, 6) is -0.655. The largest absolute Gasteiger partial charge is 0.383 e. The molecular weight excluding hydrogens is 438 g/mol. The topological polar surface area (TPSA) is 140 Å². The van der Waals surface area contributed by atoms with Gasteiger partial charge in [0.15, 0.2) is 5.69 Å². The molecule has 0 radical (unpaired) electrons. The molecule has 2 heterocycles. The van der Waals surface area contributed by atoms with E-state index in [9.17, 15) is 19.2 Å². The van der Waals surface area contributed by atoms with E-state index in [1.54, 1.807) is 24.3 Å². The standard InChI is InChI=1S/C24H33N5O5/c1-4-5-11-28(19-20(25)29(14-15(2)3)24(33)27-22(19)31)23(32)16-8-6-9-17(13-16)26-21(30)18-10-7-12-34-18/h6,8-9,13,15,18H,4-5,7,10-12,14,25H2,1-3H3,(H,26,30)(H,27,31,33)/t18-/m1/s1. The summed E-state index contributed by atoms with van der Waals surface area (Å²) in [5.41, 5.74) is 5.63. The molecule has 0 saturated carbocycles. The molecule has 1 aromatic heterocycles. The van der Waals surface area contributed by atoms with Gasteiger partial charge in [0.2, 0.25) is 0 Å². The number of anilines is 3. The minimum Gasteiger partial charge on any atom is -0.383 e. The smallest absolute Gasteiger partial charge is 0.330 e. The van der Waals surface area contributed by atoms with E-state index in [2.05, 4.69) is 10.3 Å². The molecule has 0 spiro atoms. The van der Waals surface area contributed by atoms with Crippen molar-refractivity contribution in [2.45, 2.75) is 59.1 Å². The molecule has 0 aliphatic carbocycles. The van der Waals surface area contributed by atoms with Crippen molar-refractivity contribution < 1.29 is 14.3 Å². The highest BCUT2D eigenvalue weighted by Crippen LogP contribution is 2.23. The maximum Gasteiger partial charge on any atom is 0.330 e. The number of benzene rings is 1. The van der Waals surface area contributed by atoms with E-state index in [-0.39, 0.29) is 35.4 Å². The van der Waals surface area contributed by atoms with Crippen LogP contribution >= 0.6 is 0 Å². The number of aromatic amines is 1. The van der Waals surface area contributed by atoms with Gasteiger partial charge in [0.05, 0.1) is 0 Å². The van der Waals surface area contributed by atoms with Crippen LogP contribution in [-0.4, -0.2) is 40.6 Å². The van der Waals surface area contributed by atoms with Crippen molar-refractivity contribution in [3.8, 4) is 0 Å². The number of unbranched alkanes of at least 4 members (excludes halogenated alkanes) is 1. The lowest BCUT2D eigenvalue weighted by atomic mass is 10.1. The maximum absolute atomic E-state index is 13.6. The Bertz CT molecular complexity index is 1150. The summed E-state index contributed by atoms with van der Waals surface area (Å²) < 4.78 is 6.70. The number of amides is 2. The zero-order chi connectivity index (χ0) is 24.8. The van der Waals surface area contributed by atoms with Crippen LogP contribution < -0.4 is 27.2 Å². The van der Waals surface area contributed by atoms with Crippen molar-refractivity contribution in [1.29, 1.82) is 0 Å². The molecule has 0 bridgehead atoms. The summed E-state index contributed by atoms with van der Waals surface area (Å²) in [6.45, 7) is 6.92. The Balaban J connectivity index is 1.96. The fourth-order valence-electron chi connectivity index (χ4n) is 3.91. The minimum atomic E-state index is -0.713. The van der Waals surface area contributed by atoms with Crippen molar-refractivity contribution in [2.75, 3.05) is 29.1 Å². The summed E-state index contributed by atoms with van der Waals surface area (Å²) in [4.78, 5) is 54.7. The van der Waals surface area contributed by atoms with Gasteiger partial charge in [0.25, 0.3) is 17.4 Å². The Labute approximate surface area is 198 Å². The van der Waals surface area contributed by atoms with Crippen molar-refractivity contribution in [2.24, 2.45) is 5.92 Å². The Morgan fingerprint density at radius 3 is 2.74 bits per heavy atom. The number of ether oxygens (including phenoxy) is 1. The molecule has 0 unspecified atom stereocenters. The van der Waals surface area contributed by atoms with Crippen LogP contribution in [0.15, 0.2) is 33.9 Å². The van der Waals surface area contributed by atoms with E-state index in [0.29, 0.717) is 31.7 Å². The second kappa shape index (κ2) is 11.1. The number of aromatic nitrogens is 2. The third kappa shape index (κ3) is 5.74. The number of nitrogens with zero attached hydrogens (tertiary/aromatic N) is 2. The Morgan fingerprint density at radius 1 is 1.32 bits per heavy atom. The molecule has 10 heteroatoms. The number of hydrogen-bond acceptors (Lipinski definition) is 6. The number of nitrogen functional groups attached to an aromatic ring is 1. The lowest BCUT2D eigenvalue weighted by molar-refractivity contribution is -0.124. The number of hydrogen-bond donors (Lipinski definition) is 3. The van der Waals surface area contributed by atoms with Crippen LogP contribution in [0.25, 0.3) is 0 Å². The number of rotatable bonds is 9. The third-order valence-corrected chi connectivity index (χ3v) is 5.61. The van der Waals surface area contributed by atoms with Crippen LogP contribution in [0.5, 0.6) is 0 Å². The van der Waals surface area contributed by atoms with Crippen LogP contribution in [0.3, 0.4) is 0 Å². The number of H-pyrrole nitrogens is 1. The van der Waals surface area contributed by atoms with Gasteiger partial charge < -0.3 is 20.7 Å². The number of carbonyl (C=O) groups is 2. The second-order valence-electron chi connectivity index (χ2n) is 8.88. The average molecular weight is 472 g/mol. The van der Waals surface area contributed by atoms with E-state index in [1.807, 2.05) is 20.8 Å². The number of nitrogens with one attached hydrogen (secondary N) is 2. The highest BCUT2D eigenvalue weighted by molar-refractivity contribution is 6.08. The first-order valence-corrected chi connectivity index (χ1v) is 11.7. The number of carbonyl (C=O) groups excluding carboxylic acids is 2. The van der Waals surface area contributed by atoms with Crippen molar-refractivity contribution in [1.82, 2.24) is 9.55 Å². The molecule has 1 saturated heterocycles. The predicted molar refractivity (Wildman–Crippen MR) is 131 cm³/mol. The predicted octanol–water partition coefficient (Wildman–Crippen LogP) is 2.34. The summed E-state index contributed by atoms with van der Waals surface area (Å²) in [6, 6.07) is 6.51. The van der Waals surface area contributed by atoms with Crippen molar-refractivity contribution in [3.63, 3.8) is 0 Å². The Kier molecular flexibility index (Phi) is 8.27. The SMILES string of the molecule is CCCCN(C(=O)c1cccc(NC(=O)[C@H]2CCCO2)c1)c1c(N)n(CC(C)C)c(=O)[nH]c1=O. The van der Waals surface area contributed by atoms with Crippen LogP contribution in [0, 0.1) is 5.92 Å². The first-order chi connectivity index (χ1) is 16.2. The lowest BCUT2D eigenvalue weighted by Crippen LogP contribution is -2.42. The monoisotopic (exact) mass is 471 g/mol. The summed E-state index contributed by atoms with van der Waals surface area (Å²) in [6.07, 6.45) is 2.40. The molecule has 1 aromatic carbocycles. The van der Waals surface area contributed by atoms with Gasteiger partial charge >= 0.3 is 5.69 Å². The fraction of sp³-hybridized carbons (Fsp3) is 0.500. The van der Waals surface area contributed by atoms with E-state index < -0.39 is 23.3 Å². The summed E-state index contributed by atoms with van der Waals surface area (Å²) >= 11 is 0. The minimum absolute atomic E-state index is 0.0465. The van der Waals surface area contributed by atoms with Gasteiger partial charge in [0, 0.05) is 30.9 Å². The lowest BCUT2D eigenvalue weighted by Gasteiger charge is -2.25. The molecule has 1 atom stereocenters. The normalized spacial score (nSPS) is 15.5. The van der Waals surface area contributed by atoms with Gasteiger partial charge in [-0.2, -0.15) is 0 Å². The third-order valence-electron chi connectivity index (χ3n) is 5.61.